The molecular formula is CH4I2N-. The summed E-state index contributed by atoms with van der Waals surface area (Å²) >= 11 is 2.68. The van der Waals surface area contributed by atoms with Crippen molar-refractivity contribution in [3.63, 3.8) is 0 Å². The Morgan fingerprint density at radius 1 is 2.00 bits per heavy atom. The van der Waals surface area contributed by atoms with Crippen LogP contribution in [0.2, 0.25) is 0 Å². The van der Waals surface area contributed by atoms with E-state index in [2.05, 4.69) is 22.1 Å². The summed E-state index contributed by atoms with van der Waals surface area (Å²) in [5.74, 6) is 0. The first kappa shape index (κ1) is 5.42. The zero-order chi connectivity index (χ0) is 3.41. The van der Waals surface area contributed by atoms with E-state index in [1.54, 1.807) is 0 Å². The fourth-order valence-corrected chi connectivity index (χ4v) is 0. The Morgan fingerprint density at radius 2 is 2.25 bits per heavy atom. The van der Waals surface area contributed by atoms with E-state index in [1.165, 1.54) is 0 Å². The van der Waals surface area contributed by atoms with E-state index in [-0.39, 0.29) is 0 Å². The van der Waals surface area contributed by atoms with E-state index in [9.17, 15) is 0 Å². The molecule has 1 N–H and O–H groups in total. The Morgan fingerprint density at radius 3 is 2.25 bits per heavy atom. The van der Waals surface area contributed by atoms with E-state index >= 15 is 0 Å². The van der Waals surface area contributed by atoms with Crippen molar-refractivity contribution in [3.05, 3.63) is 0 Å². The van der Waals surface area contributed by atoms with Crippen LogP contribution in [0.3, 0.4) is 0 Å². The van der Waals surface area contributed by atoms with Crippen LogP contribution in [-0.2, 0) is 0 Å². The van der Waals surface area contributed by atoms with E-state index in [0.29, 0.717) is 17.5 Å². The van der Waals surface area contributed by atoms with Crippen LogP contribution in [0.15, 0.2) is 0 Å². The van der Waals surface area contributed by atoms with Crippen LogP contribution in [0.1, 0.15) is 0 Å². The Bertz CT molecular complexity index is 8.00. The number of hydrogen-bond donors (Lipinski definition) is 1. The summed E-state index contributed by atoms with van der Waals surface area (Å²) in [4.78, 5) is 0. The van der Waals surface area contributed by atoms with Crippen LogP contribution >= 0.6 is 18.6 Å². The van der Waals surface area contributed by atoms with Gasteiger partial charge in [0.25, 0.3) is 0 Å². The third kappa shape index (κ3) is 3.42. The van der Waals surface area contributed by atoms with Gasteiger partial charge in [0.05, 0.1) is 0 Å². The van der Waals surface area contributed by atoms with Gasteiger partial charge in [0, 0.05) is 0 Å². The quantitative estimate of drug-likeness (QED) is 0.417. The molecule has 0 aromatic rings. The van der Waals surface area contributed by atoms with Gasteiger partial charge in [0.1, 0.15) is 0 Å². The van der Waals surface area contributed by atoms with Gasteiger partial charge in [-0.3, -0.25) is 0 Å². The van der Waals surface area contributed by atoms with Crippen molar-refractivity contribution < 1.29 is 17.5 Å². The van der Waals surface area contributed by atoms with Gasteiger partial charge in [0.15, 0.2) is 0 Å². The molecule has 0 saturated carbocycles. The van der Waals surface area contributed by atoms with Crippen LogP contribution in [0.5, 0.6) is 0 Å². The normalized spacial score (nSPS) is 8.50. The second-order valence-corrected chi connectivity index (χ2v) is 4.48. The van der Waals surface area contributed by atoms with Gasteiger partial charge >= 0.3 is 46.7 Å². The molecule has 0 rings (SSSR count). The predicted molar refractivity (Wildman–Crippen MR) is 23.1 cm³/mol. The van der Waals surface area contributed by atoms with Gasteiger partial charge in [-0.25, -0.2) is 0 Å². The third-order valence-electron chi connectivity index (χ3n) is 0.0714. The second kappa shape index (κ2) is 4.42. The molecule has 0 saturated heterocycles. The molecule has 3 heteroatoms. The molecular weight excluding hydrogens is 280 g/mol. The molecule has 0 aromatic carbocycles. The minimum absolute atomic E-state index is 0.331. The maximum absolute atomic E-state index is 3.03. The second-order valence-electron chi connectivity index (χ2n) is 0.260. The summed E-state index contributed by atoms with van der Waals surface area (Å²) in [6.07, 6.45) is 0. The fraction of sp³-hybridized carbons (Fsp3) is 1.00. The summed E-state index contributed by atoms with van der Waals surface area (Å²) in [5.41, 5.74) is 0. The minimum atomic E-state index is 0.331. The molecule has 0 aromatic heterocycles. The maximum atomic E-state index is 3.03. The summed E-state index contributed by atoms with van der Waals surface area (Å²) in [6, 6.07) is 0. The molecule has 4 heavy (non-hydrogen) atoms. The van der Waals surface area contributed by atoms with Crippen molar-refractivity contribution in [3.8, 4) is 0 Å². The molecule has 0 bridgehead atoms. The van der Waals surface area contributed by atoms with E-state index in [0.717, 1.165) is 0 Å². The molecule has 28 valence electrons. The Kier molecular flexibility index (Phi) is 5.99. The summed E-state index contributed by atoms with van der Waals surface area (Å²) in [5, 5.41) is 0. The first-order chi connectivity index (χ1) is 1.91. The monoisotopic (exact) mass is 284 g/mol. The first-order valence-electron chi connectivity index (χ1n) is 0.832. The third-order valence-corrected chi connectivity index (χ3v) is 3.21. The molecule has 0 amide bonds. The van der Waals surface area contributed by atoms with Gasteiger partial charge in [-0.15, -0.1) is 0 Å². The standard InChI is InChI=1S/CH4I2N/c1-4-3-2/h4H,1H3/q-1. The Balaban J connectivity index is 1.97. The number of nitrogens with one attached hydrogen (secondary N) is 1. The molecule has 0 aliphatic heterocycles. The van der Waals surface area contributed by atoms with Crippen molar-refractivity contribution in [1.82, 2.24) is 3.53 Å². The summed E-state index contributed by atoms with van der Waals surface area (Å²) in [7, 11) is 1.97. The van der Waals surface area contributed by atoms with Gasteiger partial charge in [0.2, 0.25) is 0 Å². The number of hydrogen-bond acceptors (Lipinski definition) is 1. The molecule has 0 unspecified atom stereocenters. The van der Waals surface area contributed by atoms with Gasteiger partial charge in [-0.05, 0) is 0 Å². The average Bonchev–Trinajstić information content (AvgIpc) is 1.37. The molecule has 0 aliphatic carbocycles. The fourth-order valence-electron chi connectivity index (χ4n) is 0. The van der Waals surface area contributed by atoms with Crippen LogP contribution in [0, 0.1) is 0 Å². The number of halogens is 2. The molecule has 0 spiro atoms. The van der Waals surface area contributed by atoms with Gasteiger partial charge in [-0.1, -0.05) is 0 Å². The van der Waals surface area contributed by atoms with Crippen molar-refractivity contribution in [2.75, 3.05) is 7.05 Å². The Labute approximate surface area is 46.3 Å². The molecule has 0 aliphatic rings. The van der Waals surface area contributed by atoms with E-state index < -0.39 is 0 Å². The molecule has 1 nitrogen and oxygen atoms in total. The Hall–Kier alpha value is 1.42. The van der Waals surface area contributed by atoms with E-state index in [4.69, 9.17) is 0 Å². The van der Waals surface area contributed by atoms with Gasteiger partial charge in [-0.2, -0.15) is 0 Å². The van der Waals surface area contributed by atoms with Crippen LogP contribution in [0.25, 0.3) is 0 Å². The molecule has 0 heterocycles. The van der Waals surface area contributed by atoms with Crippen LogP contribution in [0.4, 0.5) is 0 Å². The predicted octanol–water partition coefficient (Wildman–Crippen LogP) is -2.44. The molecule has 0 radical (unpaired) electrons. The number of rotatable bonds is 1. The van der Waals surface area contributed by atoms with E-state index in [1.807, 2.05) is 7.05 Å². The van der Waals surface area contributed by atoms with Crippen LogP contribution < -0.4 is 21.0 Å². The zero-order valence-electron chi connectivity index (χ0n) is 2.26. The zero-order valence-corrected chi connectivity index (χ0v) is 6.57. The van der Waals surface area contributed by atoms with Crippen molar-refractivity contribution >= 4 is 18.6 Å². The molecule has 0 atom stereocenters. The summed E-state index contributed by atoms with van der Waals surface area (Å²) in [6.45, 7) is 0. The van der Waals surface area contributed by atoms with Crippen LogP contribution in [-0.4, -0.2) is 7.05 Å². The first-order valence-corrected chi connectivity index (χ1v) is 8.20. The average molecular weight is 284 g/mol. The van der Waals surface area contributed by atoms with Gasteiger partial charge < -0.3 is 0 Å². The summed E-state index contributed by atoms with van der Waals surface area (Å²) < 4.78 is 3.03. The SMILES string of the molecule is CN[I-]I. The van der Waals surface area contributed by atoms with Crippen molar-refractivity contribution in [2.45, 2.75) is 0 Å². The van der Waals surface area contributed by atoms with Crippen molar-refractivity contribution in [2.24, 2.45) is 0 Å². The molecule has 0 fully saturated rings. The topological polar surface area (TPSA) is 12.0 Å². The van der Waals surface area contributed by atoms with Crippen molar-refractivity contribution in [1.29, 1.82) is 0 Å².